The summed E-state index contributed by atoms with van der Waals surface area (Å²) in [5.74, 6) is -0.202. The van der Waals surface area contributed by atoms with Crippen molar-refractivity contribution in [3.05, 3.63) is 34.1 Å². The van der Waals surface area contributed by atoms with Crippen LogP contribution in [-0.4, -0.2) is 5.54 Å². The van der Waals surface area contributed by atoms with Crippen molar-refractivity contribution in [3.8, 4) is 0 Å². The number of rotatable bonds is 3. The van der Waals surface area contributed by atoms with Crippen molar-refractivity contribution < 1.29 is 4.39 Å². The third-order valence-corrected chi connectivity index (χ3v) is 3.31. The first-order valence-corrected chi connectivity index (χ1v) is 5.57. The van der Waals surface area contributed by atoms with Crippen molar-refractivity contribution in [2.75, 3.05) is 0 Å². The van der Waals surface area contributed by atoms with Gasteiger partial charge in [-0.15, -0.1) is 0 Å². The standard InChI is InChI=1S/C11H13BrFN/c1-11(4-5-11)14-7-8-2-3-10(13)9(12)6-8/h2-3,6,14H,4-5,7H2,1H3. The lowest BCUT2D eigenvalue weighted by Gasteiger charge is -2.11. The van der Waals surface area contributed by atoms with E-state index >= 15 is 0 Å². The number of halogens is 2. The first-order valence-electron chi connectivity index (χ1n) is 4.78. The molecule has 0 heterocycles. The van der Waals surface area contributed by atoms with Gasteiger partial charge < -0.3 is 5.32 Å². The SMILES string of the molecule is CC1(NCc2ccc(F)c(Br)c2)CC1. The second-order valence-corrected chi connectivity index (χ2v) is 5.02. The van der Waals surface area contributed by atoms with Crippen LogP contribution in [0.1, 0.15) is 25.3 Å². The van der Waals surface area contributed by atoms with Crippen LogP contribution < -0.4 is 5.32 Å². The topological polar surface area (TPSA) is 12.0 Å². The second kappa shape index (κ2) is 3.63. The Morgan fingerprint density at radius 3 is 2.79 bits per heavy atom. The fourth-order valence-corrected chi connectivity index (χ4v) is 1.76. The van der Waals surface area contributed by atoms with Crippen LogP contribution >= 0.6 is 15.9 Å². The van der Waals surface area contributed by atoms with E-state index in [1.54, 1.807) is 0 Å². The molecule has 1 fully saturated rings. The van der Waals surface area contributed by atoms with Gasteiger partial charge in [0.1, 0.15) is 5.82 Å². The van der Waals surface area contributed by atoms with E-state index in [9.17, 15) is 4.39 Å². The molecule has 76 valence electrons. The Morgan fingerprint density at radius 1 is 1.50 bits per heavy atom. The molecule has 0 bridgehead atoms. The summed E-state index contributed by atoms with van der Waals surface area (Å²) in [6.45, 7) is 3.03. The van der Waals surface area contributed by atoms with Crippen molar-refractivity contribution in [1.82, 2.24) is 5.32 Å². The van der Waals surface area contributed by atoms with Gasteiger partial charge in [-0.3, -0.25) is 0 Å². The maximum Gasteiger partial charge on any atom is 0.137 e. The van der Waals surface area contributed by atoms with Gasteiger partial charge in [-0.1, -0.05) is 6.07 Å². The number of benzene rings is 1. The van der Waals surface area contributed by atoms with Gasteiger partial charge in [0, 0.05) is 12.1 Å². The first kappa shape index (κ1) is 10.1. The van der Waals surface area contributed by atoms with Crippen LogP contribution in [0.15, 0.2) is 22.7 Å². The summed E-state index contributed by atoms with van der Waals surface area (Å²) < 4.78 is 13.5. The highest BCUT2D eigenvalue weighted by Gasteiger charge is 2.36. The molecular formula is C11H13BrFN. The molecule has 1 N–H and O–H groups in total. The molecule has 1 aliphatic rings. The van der Waals surface area contributed by atoms with Gasteiger partial charge in [-0.2, -0.15) is 0 Å². The Morgan fingerprint density at radius 2 is 2.21 bits per heavy atom. The molecule has 0 amide bonds. The molecule has 0 aliphatic heterocycles. The lowest BCUT2D eigenvalue weighted by molar-refractivity contribution is 0.536. The van der Waals surface area contributed by atoms with Gasteiger partial charge >= 0.3 is 0 Å². The van der Waals surface area contributed by atoms with Crippen molar-refractivity contribution in [3.63, 3.8) is 0 Å². The minimum absolute atomic E-state index is 0.202. The Hall–Kier alpha value is -0.410. The normalized spacial score (nSPS) is 18.2. The molecule has 1 nitrogen and oxygen atoms in total. The zero-order valence-electron chi connectivity index (χ0n) is 8.11. The van der Waals surface area contributed by atoms with E-state index in [0.717, 1.165) is 12.1 Å². The molecule has 1 aromatic carbocycles. The van der Waals surface area contributed by atoms with Crippen LogP contribution in [-0.2, 0) is 6.54 Å². The van der Waals surface area contributed by atoms with Crippen molar-refractivity contribution in [1.29, 1.82) is 0 Å². The van der Waals surface area contributed by atoms with E-state index in [1.807, 2.05) is 12.1 Å². The van der Waals surface area contributed by atoms with Crippen LogP contribution in [0.4, 0.5) is 4.39 Å². The lowest BCUT2D eigenvalue weighted by atomic mass is 10.2. The van der Waals surface area contributed by atoms with E-state index in [-0.39, 0.29) is 5.82 Å². The molecular weight excluding hydrogens is 245 g/mol. The van der Waals surface area contributed by atoms with Crippen molar-refractivity contribution >= 4 is 15.9 Å². The summed E-state index contributed by atoms with van der Waals surface area (Å²) in [7, 11) is 0. The molecule has 14 heavy (non-hydrogen) atoms. The first-order chi connectivity index (χ1) is 6.59. The highest BCUT2D eigenvalue weighted by molar-refractivity contribution is 9.10. The monoisotopic (exact) mass is 257 g/mol. The van der Waals surface area contributed by atoms with Crippen molar-refractivity contribution in [2.45, 2.75) is 31.8 Å². The molecule has 1 aliphatic carbocycles. The average Bonchev–Trinajstić information content (AvgIpc) is 2.87. The van der Waals surface area contributed by atoms with Gasteiger partial charge in [0.25, 0.3) is 0 Å². The van der Waals surface area contributed by atoms with Crippen molar-refractivity contribution in [2.24, 2.45) is 0 Å². The quantitative estimate of drug-likeness (QED) is 0.877. The summed E-state index contributed by atoms with van der Waals surface area (Å²) in [6.07, 6.45) is 2.49. The zero-order chi connectivity index (χ0) is 10.2. The Labute approximate surface area is 91.8 Å². The molecule has 0 spiro atoms. The highest BCUT2D eigenvalue weighted by atomic mass is 79.9. The zero-order valence-corrected chi connectivity index (χ0v) is 9.70. The molecule has 1 saturated carbocycles. The molecule has 0 aromatic heterocycles. The molecule has 0 saturated heterocycles. The molecule has 0 unspecified atom stereocenters. The van der Waals surface area contributed by atoms with Crippen LogP contribution in [0.2, 0.25) is 0 Å². The van der Waals surface area contributed by atoms with Crippen LogP contribution in [0.3, 0.4) is 0 Å². The lowest BCUT2D eigenvalue weighted by Crippen LogP contribution is -2.26. The van der Waals surface area contributed by atoms with E-state index in [2.05, 4.69) is 28.2 Å². The molecule has 0 atom stereocenters. The maximum absolute atomic E-state index is 12.9. The molecule has 0 radical (unpaired) electrons. The Balaban J connectivity index is 1.99. The highest BCUT2D eigenvalue weighted by Crippen LogP contribution is 2.34. The summed E-state index contributed by atoms with van der Waals surface area (Å²) in [5.41, 5.74) is 1.45. The predicted molar refractivity (Wildman–Crippen MR) is 58.6 cm³/mol. The fourth-order valence-electron chi connectivity index (χ4n) is 1.33. The van der Waals surface area contributed by atoms with Crippen LogP contribution in [0.25, 0.3) is 0 Å². The largest absolute Gasteiger partial charge is 0.307 e. The maximum atomic E-state index is 12.9. The van der Waals surface area contributed by atoms with Gasteiger partial charge in [0.15, 0.2) is 0 Å². The summed E-state index contributed by atoms with van der Waals surface area (Å²) in [4.78, 5) is 0. The molecule has 3 heteroatoms. The third kappa shape index (κ3) is 2.34. The van der Waals surface area contributed by atoms with Gasteiger partial charge in [-0.25, -0.2) is 4.39 Å². The summed E-state index contributed by atoms with van der Waals surface area (Å²) >= 11 is 3.18. The molecule has 1 aromatic rings. The molecule has 2 rings (SSSR count). The average molecular weight is 258 g/mol. The van der Waals surface area contributed by atoms with E-state index in [4.69, 9.17) is 0 Å². The van der Waals surface area contributed by atoms with Crippen LogP contribution in [0, 0.1) is 5.82 Å². The van der Waals surface area contributed by atoms with E-state index < -0.39 is 0 Å². The predicted octanol–water partition coefficient (Wildman–Crippen LogP) is 3.23. The Bertz CT molecular complexity index is 347. The summed E-state index contributed by atoms with van der Waals surface area (Å²) in [5, 5.41) is 3.45. The van der Waals surface area contributed by atoms with Gasteiger partial charge in [0.05, 0.1) is 4.47 Å². The van der Waals surface area contributed by atoms with E-state index in [0.29, 0.717) is 10.0 Å². The minimum Gasteiger partial charge on any atom is -0.307 e. The van der Waals surface area contributed by atoms with Gasteiger partial charge in [-0.05, 0) is 53.4 Å². The van der Waals surface area contributed by atoms with E-state index in [1.165, 1.54) is 18.9 Å². The smallest absolute Gasteiger partial charge is 0.137 e. The van der Waals surface area contributed by atoms with Gasteiger partial charge in [0.2, 0.25) is 0 Å². The fraction of sp³-hybridized carbons (Fsp3) is 0.455. The Kier molecular flexibility index (Phi) is 2.62. The minimum atomic E-state index is -0.202. The number of nitrogens with one attached hydrogen (secondary N) is 1. The summed E-state index contributed by atoms with van der Waals surface area (Å²) in [6, 6.07) is 5.14. The number of hydrogen-bond donors (Lipinski definition) is 1. The third-order valence-electron chi connectivity index (χ3n) is 2.70. The second-order valence-electron chi connectivity index (χ2n) is 4.16. The van der Waals surface area contributed by atoms with Crippen LogP contribution in [0.5, 0.6) is 0 Å². The number of hydrogen-bond acceptors (Lipinski definition) is 1.